The topological polar surface area (TPSA) is 67.2 Å². The summed E-state index contributed by atoms with van der Waals surface area (Å²) in [6.07, 6.45) is -1.20. The fourth-order valence-corrected chi connectivity index (χ4v) is 3.45. The minimum atomic E-state index is -4.53. The van der Waals surface area contributed by atoms with Crippen LogP contribution in [0.2, 0.25) is 0 Å². The van der Waals surface area contributed by atoms with Gasteiger partial charge in [-0.25, -0.2) is 4.98 Å². The van der Waals surface area contributed by atoms with Crippen molar-refractivity contribution in [3.8, 4) is 0 Å². The van der Waals surface area contributed by atoms with Crippen molar-refractivity contribution in [1.82, 2.24) is 9.55 Å². The van der Waals surface area contributed by atoms with E-state index in [2.05, 4.69) is 10.3 Å². The molecule has 1 aliphatic heterocycles. The van der Waals surface area contributed by atoms with Crippen molar-refractivity contribution in [2.24, 2.45) is 7.05 Å². The first-order valence-corrected chi connectivity index (χ1v) is 8.51. The Morgan fingerprint density at radius 1 is 1.38 bits per heavy atom. The predicted molar refractivity (Wildman–Crippen MR) is 91.0 cm³/mol. The molecule has 1 N–H and O–H groups in total. The number of hydrogen-bond donors (Lipinski definition) is 1. The Morgan fingerprint density at radius 2 is 2.12 bits per heavy atom. The monoisotopic (exact) mass is 384 g/mol. The lowest BCUT2D eigenvalue weighted by molar-refractivity contribution is -0.137. The van der Waals surface area contributed by atoms with Crippen LogP contribution in [-0.2, 0) is 22.8 Å². The van der Waals surface area contributed by atoms with Crippen LogP contribution in [0.4, 0.5) is 24.5 Å². The molecule has 0 saturated carbocycles. The molecule has 1 aromatic heterocycles. The lowest BCUT2D eigenvalue weighted by atomic mass is 10.1. The predicted octanol–water partition coefficient (Wildman–Crippen LogP) is 2.90. The van der Waals surface area contributed by atoms with Crippen molar-refractivity contribution in [2.45, 2.75) is 23.5 Å². The van der Waals surface area contributed by atoms with Crippen LogP contribution in [0.1, 0.15) is 12.5 Å². The largest absolute Gasteiger partial charge is 0.416 e. The minimum Gasteiger partial charge on any atom is -0.329 e. The summed E-state index contributed by atoms with van der Waals surface area (Å²) >= 11 is 1.21. The summed E-state index contributed by atoms with van der Waals surface area (Å²) in [5, 5.41) is 2.45. The minimum absolute atomic E-state index is 0.0291. The van der Waals surface area contributed by atoms with E-state index in [1.165, 1.54) is 22.7 Å². The molecule has 0 spiro atoms. The number of thioether (sulfide) groups is 1. The zero-order chi connectivity index (χ0) is 19.1. The van der Waals surface area contributed by atoms with Gasteiger partial charge in [0.2, 0.25) is 11.8 Å². The second-order valence-corrected chi connectivity index (χ2v) is 7.09. The molecular weight excluding hydrogens is 369 g/mol. The summed E-state index contributed by atoms with van der Waals surface area (Å²) in [6, 6.07) is 2.93. The Kier molecular flexibility index (Phi) is 4.70. The number of hydrogen-bond acceptors (Lipinski definition) is 4. The number of nitrogens with one attached hydrogen (secondary N) is 1. The molecule has 0 aliphatic carbocycles. The molecule has 138 valence electrons. The van der Waals surface area contributed by atoms with Crippen LogP contribution < -0.4 is 10.2 Å². The first-order chi connectivity index (χ1) is 12.2. The molecule has 0 bridgehead atoms. The van der Waals surface area contributed by atoms with Crippen LogP contribution in [0.15, 0.2) is 35.7 Å². The zero-order valence-corrected chi connectivity index (χ0v) is 14.7. The molecule has 2 aromatic rings. The maximum Gasteiger partial charge on any atom is 0.416 e. The molecule has 26 heavy (non-hydrogen) atoms. The van der Waals surface area contributed by atoms with Gasteiger partial charge in [0.05, 0.1) is 22.2 Å². The number of nitrogens with zero attached hydrogens (tertiary/aromatic N) is 3. The van der Waals surface area contributed by atoms with Gasteiger partial charge < -0.3 is 9.88 Å². The first-order valence-electron chi connectivity index (χ1n) is 7.63. The molecule has 0 saturated heterocycles. The van der Waals surface area contributed by atoms with Crippen LogP contribution in [0.3, 0.4) is 0 Å². The molecule has 1 aliphatic rings. The third kappa shape index (κ3) is 3.55. The van der Waals surface area contributed by atoms with Crippen LogP contribution in [-0.4, -0.2) is 33.2 Å². The van der Waals surface area contributed by atoms with Gasteiger partial charge >= 0.3 is 6.18 Å². The van der Waals surface area contributed by atoms with E-state index in [1.54, 1.807) is 30.9 Å². The third-order valence-electron chi connectivity index (χ3n) is 3.86. The van der Waals surface area contributed by atoms with Crippen LogP contribution in [0.25, 0.3) is 0 Å². The van der Waals surface area contributed by atoms with Crippen LogP contribution in [0, 0.1) is 0 Å². The number of fused-ring (bicyclic) bond motifs is 1. The average molecular weight is 384 g/mol. The van der Waals surface area contributed by atoms with E-state index >= 15 is 0 Å². The number of benzene rings is 1. The summed E-state index contributed by atoms with van der Waals surface area (Å²) in [6.45, 7) is 1.42. The van der Waals surface area contributed by atoms with Gasteiger partial charge in [-0.2, -0.15) is 13.2 Å². The van der Waals surface area contributed by atoms with Gasteiger partial charge in [0, 0.05) is 19.4 Å². The van der Waals surface area contributed by atoms with Gasteiger partial charge in [-0.1, -0.05) is 11.8 Å². The lowest BCUT2D eigenvalue weighted by Gasteiger charge is -2.31. The first kappa shape index (κ1) is 18.3. The van der Waals surface area contributed by atoms with Crippen molar-refractivity contribution in [3.63, 3.8) is 0 Å². The van der Waals surface area contributed by atoms with E-state index in [1.807, 2.05) is 0 Å². The Hall–Kier alpha value is -2.49. The number of carbonyl (C=O) groups excluding carboxylic acids is 2. The Bertz CT molecular complexity index is 865. The molecule has 0 radical (unpaired) electrons. The van der Waals surface area contributed by atoms with Gasteiger partial charge in [0.25, 0.3) is 0 Å². The molecule has 1 unspecified atom stereocenters. The van der Waals surface area contributed by atoms with Crippen molar-refractivity contribution >= 4 is 35.0 Å². The fraction of sp³-hybridized carbons (Fsp3) is 0.312. The van der Waals surface area contributed by atoms with E-state index < -0.39 is 22.9 Å². The molecule has 1 aromatic carbocycles. The molecule has 0 fully saturated rings. The SMILES string of the molecule is CC(Sc1nccn1C)C(=O)N1CC(=O)Nc2cc(C(F)(F)F)ccc21. The zero-order valence-electron chi connectivity index (χ0n) is 13.9. The highest BCUT2D eigenvalue weighted by molar-refractivity contribution is 8.00. The maximum atomic E-state index is 12.9. The second kappa shape index (κ2) is 6.67. The summed E-state index contributed by atoms with van der Waals surface area (Å²) in [4.78, 5) is 30.0. The molecular formula is C16H15F3N4O2S. The van der Waals surface area contributed by atoms with E-state index in [9.17, 15) is 22.8 Å². The highest BCUT2D eigenvalue weighted by Crippen LogP contribution is 2.37. The molecule has 6 nitrogen and oxygen atoms in total. The number of aryl methyl sites for hydroxylation is 1. The summed E-state index contributed by atoms with van der Waals surface area (Å²) < 4.78 is 40.4. The Balaban J connectivity index is 1.88. The Labute approximate surface area is 151 Å². The highest BCUT2D eigenvalue weighted by Gasteiger charge is 2.35. The number of carbonyl (C=O) groups is 2. The number of alkyl halides is 3. The van der Waals surface area contributed by atoms with E-state index in [0.29, 0.717) is 5.16 Å². The smallest absolute Gasteiger partial charge is 0.329 e. The number of amides is 2. The molecule has 3 rings (SSSR count). The molecule has 1 atom stereocenters. The van der Waals surface area contributed by atoms with Crippen LogP contribution in [0.5, 0.6) is 0 Å². The van der Waals surface area contributed by atoms with E-state index in [4.69, 9.17) is 0 Å². The third-order valence-corrected chi connectivity index (χ3v) is 5.02. The van der Waals surface area contributed by atoms with Crippen molar-refractivity contribution in [3.05, 3.63) is 36.2 Å². The number of imidazole rings is 1. The number of anilines is 2. The van der Waals surface area contributed by atoms with Crippen molar-refractivity contribution in [2.75, 3.05) is 16.8 Å². The highest BCUT2D eigenvalue weighted by atomic mass is 32.2. The standard InChI is InChI=1S/C16H15F3N4O2S/c1-9(26-15-20-5-6-22(15)2)14(25)23-8-13(24)21-11-7-10(16(17,18)19)3-4-12(11)23/h3-7,9H,8H2,1-2H3,(H,21,24). The quantitative estimate of drug-likeness (QED) is 0.827. The molecule has 2 heterocycles. The summed E-state index contributed by atoms with van der Waals surface area (Å²) in [5.41, 5.74) is -0.671. The van der Waals surface area contributed by atoms with Gasteiger partial charge in [0.15, 0.2) is 5.16 Å². The maximum absolute atomic E-state index is 12.9. The summed E-state index contributed by atoms with van der Waals surface area (Å²) in [7, 11) is 1.79. The second-order valence-electron chi connectivity index (χ2n) is 5.78. The lowest BCUT2D eigenvalue weighted by Crippen LogP contribution is -2.45. The fourth-order valence-electron chi connectivity index (χ4n) is 2.56. The van der Waals surface area contributed by atoms with E-state index in [-0.39, 0.29) is 23.8 Å². The van der Waals surface area contributed by atoms with Gasteiger partial charge in [-0.15, -0.1) is 0 Å². The van der Waals surface area contributed by atoms with Crippen molar-refractivity contribution < 1.29 is 22.8 Å². The Morgan fingerprint density at radius 3 is 2.73 bits per heavy atom. The van der Waals surface area contributed by atoms with Gasteiger partial charge in [-0.05, 0) is 25.1 Å². The van der Waals surface area contributed by atoms with Gasteiger partial charge in [0.1, 0.15) is 6.54 Å². The van der Waals surface area contributed by atoms with Gasteiger partial charge in [-0.3, -0.25) is 14.5 Å². The normalized spacial score (nSPS) is 15.4. The van der Waals surface area contributed by atoms with Crippen LogP contribution >= 0.6 is 11.8 Å². The molecule has 2 amide bonds. The number of aromatic nitrogens is 2. The summed E-state index contributed by atoms with van der Waals surface area (Å²) in [5.74, 6) is -0.923. The van der Waals surface area contributed by atoms with E-state index in [0.717, 1.165) is 12.1 Å². The average Bonchev–Trinajstić information content (AvgIpc) is 2.96. The number of rotatable bonds is 3. The number of halogens is 3. The van der Waals surface area contributed by atoms with Crippen molar-refractivity contribution in [1.29, 1.82) is 0 Å². The molecule has 10 heteroatoms.